The Hall–Kier alpha value is -0.760. The highest BCUT2D eigenvalue weighted by atomic mass is 31.2. The van der Waals surface area contributed by atoms with Crippen LogP contribution in [0.3, 0.4) is 0 Å². The molecular formula is C36H73N2O6P. The van der Waals surface area contributed by atoms with E-state index in [1.165, 1.54) is 122 Å². The number of carbonyl (C=O) groups excluding carboxylic acids is 1. The number of amides is 1. The summed E-state index contributed by atoms with van der Waals surface area (Å²) in [6.45, 7) is 4.12. The number of carbonyl (C=O) groups is 1. The molecule has 0 aliphatic heterocycles. The van der Waals surface area contributed by atoms with Crippen LogP contribution in [0.15, 0.2) is 12.2 Å². The summed E-state index contributed by atoms with van der Waals surface area (Å²) in [5.74, 6) is -0.195. The number of nitrogens with two attached hydrogens (primary N) is 1. The molecule has 0 aliphatic rings. The van der Waals surface area contributed by atoms with Gasteiger partial charge < -0.3 is 21.1 Å². The maximum Gasteiger partial charge on any atom is 0.472 e. The fraction of sp³-hybridized carbons (Fsp3) is 0.917. The minimum atomic E-state index is -4.32. The summed E-state index contributed by atoms with van der Waals surface area (Å²) < 4.78 is 22.0. The molecule has 3 unspecified atom stereocenters. The number of phosphoric ester groups is 1. The van der Waals surface area contributed by atoms with E-state index in [9.17, 15) is 19.4 Å². The average Bonchev–Trinajstić information content (AvgIpc) is 3.02. The molecule has 0 heterocycles. The predicted molar refractivity (Wildman–Crippen MR) is 189 cm³/mol. The van der Waals surface area contributed by atoms with Crippen molar-refractivity contribution in [1.29, 1.82) is 0 Å². The summed E-state index contributed by atoms with van der Waals surface area (Å²) in [5, 5.41) is 13.6. The first-order valence-corrected chi connectivity index (χ1v) is 20.3. The molecule has 0 spiro atoms. The Morgan fingerprint density at radius 1 is 0.711 bits per heavy atom. The number of hydrogen-bond donors (Lipinski definition) is 4. The van der Waals surface area contributed by atoms with Gasteiger partial charge in [-0.3, -0.25) is 13.8 Å². The van der Waals surface area contributed by atoms with Gasteiger partial charge in [-0.2, -0.15) is 0 Å². The van der Waals surface area contributed by atoms with Crippen molar-refractivity contribution >= 4 is 13.7 Å². The lowest BCUT2D eigenvalue weighted by Crippen LogP contribution is -2.45. The Labute approximate surface area is 277 Å². The van der Waals surface area contributed by atoms with Gasteiger partial charge in [0, 0.05) is 13.0 Å². The molecular weight excluding hydrogens is 587 g/mol. The van der Waals surface area contributed by atoms with Gasteiger partial charge in [-0.1, -0.05) is 167 Å². The van der Waals surface area contributed by atoms with Crippen molar-refractivity contribution in [2.24, 2.45) is 5.73 Å². The van der Waals surface area contributed by atoms with Crippen LogP contribution in [0, 0.1) is 0 Å². The van der Waals surface area contributed by atoms with Crippen molar-refractivity contribution in [3.8, 4) is 0 Å². The molecule has 3 atom stereocenters. The largest absolute Gasteiger partial charge is 0.472 e. The summed E-state index contributed by atoms with van der Waals surface area (Å²) in [5.41, 5.74) is 5.35. The first-order chi connectivity index (χ1) is 21.9. The number of unbranched alkanes of at least 4 members (excludes halogenated alkanes) is 23. The quantitative estimate of drug-likeness (QED) is 0.0302. The van der Waals surface area contributed by atoms with Gasteiger partial charge in [0.25, 0.3) is 0 Å². The topological polar surface area (TPSA) is 131 Å². The molecule has 0 aromatic carbocycles. The molecule has 0 saturated carbocycles. The molecule has 0 bridgehead atoms. The van der Waals surface area contributed by atoms with Gasteiger partial charge in [-0.25, -0.2) is 4.57 Å². The minimum absolute atomic E-state index is 0.0810. The van der Waals surface area contributed by atoms with E-state index in [1.54, 1.807) is 6.08 Å². The summed E-state index contributed by atoms with van der Waals surface area (Å²) in [4.78, 5) is 22.5. The van der Waals surface area contributed by atoms with Gasteiger partial charge in [0.15, 0.2) is 0 Å². The zero-order chi connectivity index (χ0) is 33.3. The van der Waals surface area contributed by atoms with E-state index in [0.29, 0.717) is 6.42 Å². The van der Waals surface area contributed by atoms with Gasteiger partial charge in [-0.05, 0) is 19.3 Å². The van der Waals surface area contributed by atoms with Crippen LogP contribution in [0.4, 0.5) is 0 Å². The van der Waals surface area contributed by atoms with Gasteiger partial charge in [0.05, 0.1) is 25.4 Å². The molecule has 0 rings (SSSR count). The number of rotatable bonds is 35. The molecule has 0 aromatic heterocycles. The second kappa shape index (κ2) is 33.2. The fourth-order valence-electron chi connectivity index (χ4n) is 5.48. The Balaban J connectivity index is 4.32. The van der Waals surface area contributed by atoms with Crippen LogP contribution in [0.1, 0.15) is 181 Å². The lowest BCUT2D eigenvalue weighted by atomic mass is 10.0. The monoisotopic (exact) mass is 661 g/mol. The molecule has 0 saturated heterocycles. The van der Waals surface area contributed by atoms with E-state index in [-0.39, 0.29) is 25.7 Å². The van der Waals surface area contributed by atoms with Crippen LogP contribution >= 0.6 is 7.82 Å². The first-order valence-electron chi connectivity index (χ1n) is 18.8. The van der Waals surface area contributed by atoms with Crippen LogP contribution in [0.25, 0.3) is 0 Å². The Morgan fingerprint density at radius 3 is 1.58 bits per heavy atom. The van der Waals surface area contributed by atoms with Gasteiger partial charge >= 0.3 is 7.82 Å². The van der Waals surface area contributed by atoms with Crippen molar-refractivity contribution in [1.82, 2.24) is 5.32 Å². The molecule has 268 valence electrons. The van der Waals surface area contributed by atoms with E-state index in [0.717, 1.165) is 38.5 Å². The van der Waals surface area contributed by atoms with Crippen LogP contribution < -0.4 is 11.1 Å². The maximum atomic E-state index is 12.7. The van der Waals surface area contributed by atoms with E-state index >= 15 is 0 Å². The van der Waals surface area contributed by atoms with Gasteiger partial charge in [0.2, 0.25) is 5.91 Å². The van der Waals surface area contributed by atoms with Crippen molar-refractivity contribution in [3.63, 3.8) is 0 Å². The van der Waals surface area contributed by atoms with E-state index < -0.39 is 20.0 Å². The molecule has 0 aromatic rings. The molecule has 0 fully saturated rings. The molecule has 9 heteroatoms. The van der Waals surface area contributed by atoms with Crippen LogP contribution in [-0.2, 0) is 18.4 Å². The number of aliphatic hydroxyl groups excluding tert-OH is 1. The number of phosphoric acid groups is 1. The molecule has 1 amide bonds. The molecule has 0 aliphatic carbocycles. The van der Waals surface area contributed by atoms with E-state index in [2.05, 4.69) is 19.2 Å². The normalized spacial score (nSPS) is 14.5. The third-order valence-corrected chi connectivity index (χ3v) is 9.35. The van der Waals surface area contributed by atoms with Crippen molar-refractivity contribution in [2.45, 2.75) is 193 Å². The highest BCUT2D eigenvalue weighted by Gasteiger charge is 2.26. The number of allylic oxidation sites excluding steroid dienone is 1. The zero-order valence-electron chi connectivity index (χ0n) is 29.4. The van der Waals surface area contributed by atoms with Gasteiger partial charge in [-0.15, -0.1) is 0 Å². The Bertz CT molecular complexity index is 724. The average molecular weight is 661 g/mol. The van der Waals surface area contributed by atoms with E-state index in [1.807, 2.05) is 6.08 Å². The second-order valence-corrected chi connectivity index (χ2v) is 14.2. The smallest absolute Gasteiger partial charge is 0.387 e. The summed E-state index contributed by atoms with van der Waals surface area (Å²) in [6.07, 6.45) is 33.9. The Kier molecular flexibility index (Phi) is 32.6. The molecule has 5 N–H and O–H groups in total. The lowest BCUT2D eigenvalue weighted by Gasteiger charge is -2.23. The highest BCUT2D eigenvalue weighted by Crippen LogP contribution is 2.43. The summed E-state index contributed by atoms with van der Waals surface area (Å²) >= 11 is 0. The highest BCUT2D eigenvalue weighted by molar-refractivity contribution is 7.47. The summed E-state index contributed by atoms with van der Waals surface area (Å²) in [7, 11) is -4.32. The second-order valence-electron chi connectivity index (χ2n) is 12.8. The van der Waals surface area contributed by atoms with E-state index in [4.69, 9.17) is 14.8 Å². The molecule has 45 heavy (non-hydrogen) atoms. The van der Waals surface area contributed by atoms with Crippen molar-refractivity contribution in [3.05, 3.63) is 12.2 Å². The maximum absolute atomic E-state index is 12.7. The first kappa shape index (κ1) is 44.2. The van der Waals surface area contributed by atoms with Crippen LogP contribution in [-0.4, -0.2) is 47.8 Å². The predicted octanol–water partition coefficient (Wildman–Crippen LogP) is 9.66. The number of aliphatic hydroxyl groups is 1. The third-order valence-electron chi connectivity index (χ3n) is 8.36. The van der Waals surface area contributed by atoms with Crippen LogP contribution in [0.2, 0.25) is 0 Å². The van der Waals surface area contributed by atoms with Gasteiger partial charge in [0.1, 0.15) is 0 Å². The third kappa shape index (κ3) is 31.6. The molecule has 8 nitrogen and oxygen atoms in total. The molecule has 0 radical (unpaired) electrons. The standard InChI is InChI=1S/C36H73N2O6P/c1-3-5-7-9-11-13-15-17-18-19-21-23-25-27-29-35(39)34(33-44-45(41,42)43-32-31-37)38-36(40)30-28-26-24-22-20-16-14-12-10-8-6-4-2/h27,29,34-35,39H,3-26,28,30-33,37H2,1-2H3,(H,38,40)(H,41,42)/b29-27+. The van der Waals surface area contributed by atoms with Crippen molar-refractivity contribution in [2.75, 3.05) is 19.8 Å². The summed E-state index contributed by atoms with van der Waals surface area (Å²) in [6, 6.07) is -0.852. The number of hydrogen-bond acceptors (Lipinski definition) is 6. The minimum Gasteiger partial charge on any atom is -0.387 e. The van der Waals surface area contributed by atoms with Crippen molar-refractivity contribution < 1.29 is 28.4 Å². The Morgan fingerprint density at radius 2 is 1.13 bits per heavy atom. The number of nitrogens with one attached hydrogen (secondary N) is 1. The zero-order valence-corrected chi connectivity index (χ0v) is 30.3. The van der Waals surface area contributed by atoms with Crippen LogP contribution in [0.5, 0.6) is 0 Å². The SMILES string of the molecule is CCCCCCCCCCCCCC/C=C/C(O)C(COP(=O)(O)OCCN)NC(=O)CCCCCCCCCCCCCC. The lowest BCUT2D eigenvalue weighted by molar-refractivity contribution is -0.123. The fourth-order valence-corrected chi connectivity index (χ4v) is 6.24.